The molecule has 39 heavy (non-hydrogen) atoms. The van der Waals surface area contributed by atoms with E-state index in [1.54, 1.807) is 4.68 Å². The van der Waals surface area contributed by atoms with E-state index in [9.17, 15) is 4.79 Å². The lowest BCUT2D eigenvalue weighted by molar-refractivity contribution is 0.0552. The predicted molar refractivity (Wildman–Crippen MR) is 153 cm³/mol. The Bertz CT molecular complexity index is 1640. The van der Waals surface area contributed by atoms with E-state index in [-0.39, 0.29) is 17.9 Å². The van der Waals surface area contributed by atoms with Gasteiger partial charge in [-0.2, -0.15) is 0 Å². The fraction of sp³-hybridized carbons (Fsp3) is 0.400. The number of aromatic nitrogens is 5. The second-order valence-corrected chi connectivity index (χ2v) is 11.6. The van der Waals surface area contributed by atoms with Gasteiger partial charge in [0, 0.05) is 37.6 Å². The average Bonchev–Trinajstić information content (AvgIpc) is 3.60. The highest BCUT2D eigenvalue weighted by Gasteiger charge is 2.34. The number of nitrogens with zero attached hydrogens (tertiary/aromatic N) is 5. The zero-order valence-electron chi connectivity index (χ0n) is 23.0. The van der Waals surface area contributed by atoms with Crippen LogP contribution in [-0.2, 0) is 16.5 Å². The van der Waals surface area contributed by atoms with Crippen molar-refractivity contribution in [2.45, 2.75) is 45.6 Å². The molecule has 5 heterocycles. The summed E-state index contributed by atoms with van der Waals surface area (Å²) < 4.78 is 16.3. The molecule has 9 heteroatoms. The molecule has 0 N–H and O–H groups in total. The number of aryl methyl sites for hydroxylation is 2. The van der Waals surface area contributed by atoms with E-state index in [0.717, 1.165) is 69.8 Å². The number of esters is 1. The molecule has 0 saturated carbocycles. The minimum Gasteiger partial charge on any atom is -0.465 e. The number of rotatable bonds is 6. The topological polar surface area (TPSA) is 84.1 Å². The highest BCUT2D eigenvalue weighted by Crippen LogP contribution is 2.47. The van der Waals surface area contributed by atoms with Gasteiger partial charge >= 0.3 is 5.97 Å². The van der Waals surface area contributed by atoms with Crippen molar-refractivity contribution in [3.8, 4) is 11.3 Å². The molecule has 5 aromatic rings. The first-order chi connectivity index (χ1) is 18.9. The molecule has 1 aromatic carbocycles. The van der Waals surface area contributed by atoms with Crippen molar-refractivity contribution in [1.29, 1.82) is 0 Å². The Balaban J connectivity index is 1.73. The zero-order chi connectivity index (χ0) is 27.3. The number of carbonyl (C=O) groups excluding carboxylic acids is 1. The maximum atomic E-state index is 13.0. The Morgan fingerprint density at radius 2 is 1.92 bits per heavy atom. The molecule has 0 spiro atoms. The van der Waals surface area contributed by atoms with Gasteiger partial charge in [-0.05, 0) is 43.2 Å². The summed E-state index contributed by atoms with van der Waals surface area (Å²) in [6.45, 7) is 7.75. The number of hydrogen-bond acceptors (Lipinski definition) is 7. The van der Waals surface area contributed by atoms with Crippen molar-refractivity contribution in [2.75, 3.05) is 20.3 Å². The lowest BCUT2D eigenvalue weighted by Gasteiger charge is -2.33. The van der Waals surface area contributed by atoms with E-state index in [4.69, 9.17) is 14.5 Å². The van der Waals surface area contributed by atoms with E-state index in [1.165, 1.54) is 24.0 Å². The minimum atomic E-state index is -0.296. The van der Waals surface area contributed by atoms with Crippen LogP contribution >= 0.6 is 11.3 Å². The van der Waals surface area contributed by atoms with Crippen LogP contribution in [0.15, 0.2) is 42.6 Å². The molecule has 6 rings (SSSR count). The first-order valence-electron chi connectivity index (χ1n) is 13.4. The number of benzene rings is 1. The van der Waals surface area contributed by atoms with Crippen molar-refractivity contribution in [3.05, 3.63) is 64.3 Å². The highest BCUT2D eigenvalue weighted by atomic mass is 32.1. The van der Waals surface area contributed by atoms with E-state index in [1.807, 2.05) is 20.2 Å². The van der Waals surface area contributed by atoms with E-state index in [2.05, 4.69) is 65.1 Å². The second-order valence-electron chi connectivity index (χ2n) is 10.6. The molecule has 0 radical (unpaired) electrons. The third-order valence-corrected chi connectivity index (χ3v) is 9.03. The number of thiophene rings is 1. The van der Waals surface area contributed by atoms with Crippen molar-refractivity contribution in [1.82, 2.24) is 24.5 Å². The van der Waals surface area contributed by atoms with Crippen LogP contribution < -0.4 is 0 Å². The molecule has 1 saturated heterocycles. The normalized spacial score (nSPS) is 15.4. The van der Waals surface area contributed by atoms with Gasteiger partial charge in [-0.25, -0.2) is 9.48 Å². The Labute approximate surface area is 231 Å². The summed E-state index contributed by atoms with van der Waals surface area (Å²) in [7, 11) is 3.36. The molecule has 1 atom stereocenters. The van der Waals surface area contributed by atoms with Crippen LogP contribution in [0.1, 0.15) is 65.1 Å². The van der Waals surface area contributed by atoms with Crippen LogP contribution in [0, 0.1) is 12.8 Å². The third kappa shape index (κ3) is 4.24. The van der Waals surface area contributed by atoms with Gasteiger partial charge in [0.15, 0.2) is 0 Å². The van der Waals surface area contributed by atoms with E-state index >= 15 is 0 Å². The molecule has 202 valence electrons. The summed E-state index contributed by atoms with van der Waals surface area (Å²) in [6, 6.07) is 13.0. The SMILES string of the molecule is COC(=O)c1sc2c3ncc(-c4c(C)nnn4C)cc3n([C@H](c3ccccc3)C3CCOCC3)c2c1C(C)C. The molecule has 0 aliphatic carbocycles. The smallest absolute Gasteiger partial charge is 0.348 e. The molecule has 1 aliphatic rings. The number of methoxy groups -OCH3 is 1. The molecule has 0 bridgehead atoms. The van der Waals surface area contributed by atoms with Crippen LogP contribution in [0.3, 0.4) is 0 Å². The Morgan fingerprint density at radius 3 is 2.56 bits per heavy atom. The lowest BCUT2D eigenvalue weighted by atomic mass is 9.86. The van der Waals surface area contributed by atoms with Crippen molar-refractivity contribution < 1.29 is 14.3 Å². The predicted octanol–water partition coefficient (Wildman–Crippen LogP) is 6.28. The van der Waals surface area contributed by atoms with Gasteiger partial charge < -0.3 is 14.0 Å². The summed E-state index contributed by atoms with van der Waals surface area (Å²) in [5, 5.41) is 8.51. The summed E-state index contributed by atoms with van der Waals surface area (Å²) in [5.41, 5.74) is 8.07. The van der Waals surface area contributed by atoms with Gasteiger partial charge in [-0.3, -0.25) is 4.98 Å². The zero-order valence-corrected chi connectivity index (χ0v) is 23.8. The Hall–Kier alpha value is -3.56. The third-order valence-electron chi connectivity index (χ3n) is 7.85. The second kappa shape index (κ2) is 10.2. The van der Waals surface area contributed by atoms with Gasteiger partial charge in [0.25, 0.3) is 0 Å². The molecule has 0 unspecified atom stereocenters. The molecule has 4 aromatic heterocycles. The van der Waals surface area contributed by atoms with Gasteiger partial charge in [0.05, 0.1) is 40.3 Å². The number of ether oxygens (including phenoxy) is 2. The average molecular weight is 544 g/mol. The largest absolute Gasteiger partial charge is 0.465 e. The molecular weight excluding hydrogens is 510 g/mol. The number of carbonyl (C=O) groups is 1. The first-order valence-corrected chi connectivity index (χ1v) is 14.3. The van der Waals surface area contributed by atoms with Crippen molar-refractivity contribution in [3.63, 3.8) is 0 Å². The Kier molecular flexibility index (Phi) is 6.72. The standard InChI is InChI=1S/C30H33N5O3S/c1-17(2)23-27-29(39-28(23)30(36)37-5)24-22(15-21(16-31-24)25-18(3)32-33-34(25)4)35(27)26(19-9-7-6-8-10-19)20-11-13-38-14-12-20/h6-10,15-17,20,26H,11-14H2,1-5H3/t26-/m1/s1. The number of pyridine rings is 1. The first kappa shape index (κ1) is 25.7. The number of fused-ring (bicyclic) bond motifs is 3. The van der Waals surface area contributed by atoms with Gasteiger partial charge in [0.1, 0.15) is 10.4 Å². The van der Waals surface area contributed by atoms with Crippen molar-refractivity contribution >= 4 is 38.6 Å². The van der Waals surface area contributed by atoms with Crippen LogP contribution in [-0.4, -0.2) is 50.8 Å². The molecule has 1 fully saturated rings. The van der Waals surface area contributed by atoms with Crippen LogP contribution in [0.4, 0.5) is 0 Å². The minimum absolute atomic E-state index is 0.0514. The molecule has 1 aliphatic heterocycles. The highest BCUT2D eigenvalue weighted by molar-refractivity contribution is 7.22. The maximum absolute atomic E-state index is 13.0. The lowest BCUT2D eigenvalue weighted by Crippen LogP contribution is -2.27. The van der Waals surface area contributed by atoms with Crippen LogP contribution in [0.25, 0.3) is 32.5 Å². The fourth-order valence-corrected chi connectivity index (χ4v) is 7.51. The van der Waals surface area contributed by atoms with Gasteiger partial charge in [-0.15, -0.1) is 16.4 Å². The monoisotopic (exact) mass is 543 g/mol. The van der Waals surface area contributed by atoms with E-state index in [0.29, 0.717) is 10.8 Å². The summed E-state index contributed by atoms with van der Waals surface area (Å²) >= 11 is 1.49. The maximum Gasteiger partial charge on any atom is 0.348 e. The summed E-state index contributed by atoms with van der Waals surface area (Å²) in [4.78, 5) is 18.7. The number of hydrogen-bond donors (Lipinski definition) is 0. The summed E-state index contributed by atoms with van der Waals surface area (Å²) in [5.74, 6) is 0.186. The van der Waals surface area contributed by atoms with Crippen LogP contribution in [0.5, 0.6) is 0 Å². The fourth-order valence-electron chi connectivity index (χ4n) is 6.14. The molecular formula is C30H33N5O3S. The van der Waals surface area contributed by atoms with Gasteiger partial charge in [0.2, 0.25) is 0 Å². The van der Waals surface area contributed by atoms with Gasteiger partial charge in [-0.1, -0.05) is 49.4 Å². The summed E-state index contributed by atoms with van der Waals surface area (Å²) in [6.07, 6.45) is 3.82. The molecule has 0 amide bonds. The quantitative estimate of drug-likeness (QED) is 0.234. The van der Waals surface area contributed by atoms with Crippen LogP contribution in [0.2, 0.25) is 0 Å². The van der Waals surface area contributed by atoms with E-state index < -0.39 is 0 Å². The Morgan fingerprint density at radius 1 is 1.18 bits per heavy atom. The van der Waals surface area contributed by atoms with Crippen molar-refractivity contribution in [2.24, 2.45) is 13.0 Å². The molecule has 8 nitrogen and oxygen atoms in total.